The zero-order chi connectivity index (χ0) is 17.8. The number of ether oxygens (including phenoxy) is 1. The van der Waals surface area contributed by atoms with E-state index in [0.717, 1.165) is 11.1 Å². The number of nitrogens with one attached hydrogen (secondary N) is 1. The van der Waals surface area contributed by atoms with Gasteiger partial charge in [0, 0.05) is 12.1 Å². The van der Waals surface area contributed by atoms with Crippen molar-refractivity contribution in [2.75, 3.05) is 20.3 Å². The van der Waals surface area contributed by atoms with Gasteiger partial charge < -0.3 is 20.1 Å². The van der Waals surface area contributed by atoms with Gasteiger partial charge in [0.25, 0.3) is 5.91 Å². The summed E-state index contributed by atoms with van der Waals surface area (Å²) in [4.78, 5) is 26.2. The molecule has 25 heavy (non-hydrogen) atoms. The lowest BCUT2D eigenvalue weighted by atomic mass is 10.1. The topological polar surface area (TPSA) is 78.9 Å². The van der Waals surface area contributed by atoms with Crippen LogP contribution in [0.15, 0.2) is 48.5 Å². The second kappa shape index (κ2) is 7.36. The van der Waals surface area contributed by atoms with E-state index < -0.39 is 6.04 Å². The van der Waals surface area contributed by atoms with Crippen molar-refractivity contribution in [3.05, 3.63) is 65.2 Å². The molecular weight excluding hydrogens is 320 g/mol. The number of hydrogen-bond acceptors (Lipinski definition) is 4. The summed E-state index contributed by atoms with van der Waals surface area (Å²) < 4.78 is 5.16. The monoisotopic (exact) mass is 340 g/mol. The largest absolute Gasteiger partial charge is 0.497 e. The fourth-order valence-corrected chi connectivity index (χ4v) is 2.95. The first-order valence-electron chi connectivity index (χ1n) is 8.03. The van der Waals surface area contributed by atoms with Crippen LogP contribution in [-0.2, 0) is 11.3 Å². The lowest BCUT2D eigenvalue weighted by Crippen LogP contribution is -2.40. The Hall–Kier alpha value is -2.86. The van der Waals surface area contributed by atoms with Crippen molar-refractivity contribution in [2.45, 2.75) is 12.6 Å². The molecule has 0 aliphatic carbocycles. The number of methoxy groups -OCH3 is 1. The maximum Gasteiger partial charge on any atom is 0.254 e. The standard InChI is InChI=1S/C19H20N2O4/c1-25-15-7-4-6-13(9-15)17(12-22)20-18(23)11-21-10-14-5-2-3-8-16(14)19(21)24/h2-9,17,22H,10-12H2,1H3,(H,20,23)/t17-/m0/s1. The molecule has 2 aromatic rings. The van der Waals surface area contributed by atoms with Crippen LogP contribution < -0.4 is 10.1 Å². The van der Waals surface area contributed by atoms with Crippen molar-refractivity contribution in [2.24, 2.45) is 0 Å². The third-order valence-corrected chi connectivity index (χ3v) is 4.24. The summed E-state index contributed by atoms with van der Waals surface area (Å²) in [5.41, 5.74) is 2.31. The smallest absolute Gasteiger partial charge is 0.254 e. The predicted molar refractivity (Wildman–Crippen MR) is 92.1 cm³/mol. The number of aliphatic hydroxyl groups excluding tert-OH is 1. The highest BCUT2D eigenvalue weighted by Gasteiger charge is 2.28. The second-order valence-corrected chi connectivity index (χ2v) is 5.90. The van der Waals surface area contributed by atoms with E-state index in [-0.39, 0.29) is 25.0 Å². The van der Waals surface area contributed by atoms with E-state index in [1.807, 2.05) is 18.2 Å². The van der Waals surface area contributed by atoms with Crippen molar-refractivity contribution in [3.8, 4) is 5.75 Å². The Morgan fingerprint density at radius 2 is 2.08 bits per heavy atom. The van der Waals surface area contributed by atoms with Crippen molar-refractivity contribution in [1.82, 2.24) is 10.2 Å². The summed E-state index contributed by atoms with van der Waals surface area (Å²) in [5.74, 6) is 0.186. The predicted octanol–water partition coefficient (Wildman–Crippen LogP) is 1.50. The highest BCUT2D eigenvalue weighted by atomic mass is 16.5. The molecule has 2 N–H and O–H groups in total. The molecule has 0 spiro atoms. The molecule has 1 heterocycles. The fourth-order valence-electron chi connectivity index (χ4n) is 2.95. The van der Waals surface area contributed by atoms with Gasteiger partial charge in [-0.1, -0.05) is 30.3 Å². The first-order chi connectivity index (χ1) is 12.1. The molecule has 130 valence electrons. The summed E-state index contributed by atoms with van der Waals surface area (Å²) >= 11 is 0. The minimum absolute atomic E-state index is 0.0476. The Labute approximate surface area is 146 Å². The van der Waals surface area contributed by atoms with Crippen LogP contribution in [0.1, 0.15) is 27.5 Å². The third kappa shape index (κ3) is 3.64. The quantitative estimate of drug-likeness (QED) is 0.835. The number of carbonyl (C=O) groups is 2. The van der Waals surface area contributed by atoms with Crippen molar-refractivity contribution < 1.29 is 19.4 Å². The van der Waals surface area contributed by atoms with Gasteiger partial charge in [0.2, 0.25) is 5.91 Å². The molecule has 1 aliphatic rings. The summed E-state index contributed by atoms with van der Waals surface area (Å²) in [6.45, 7) is 0.131. The zero-order valence-corrected chi connectivity index (χ0v) is 13.9. The minimum Gasteiger partial charge on any atom is -0.497 e. The molecule has 0 unspecified atom stereocenters. The number of benzene rings is 2. The SMILES string of the molecule is COc1cccc([C@H](CO)NC(=O)CN2Cc3ccccc3C2=O)c1. The van der Waals surface area contributed by atoms with Gasteiger partial charge >= 0.3 is 0 Å². The molecule has 1 atom stereocenters. The van der Waals surface area contributed by atoms with Crippen LogP contribution in [0.5, 0.6) is 5.75 Å². The van der Waals surface area contributed by atoms with E-state index in [2.05, 4.69) is 5.32 Å². The molecule has 0 radical (unpaired) electrons. The number of rotatable bonds is 6. The molecule has 3 rings (SSSR count). The van der Waals surface area contributed by atoms with E-state index in [0.29, 0.717) is 17.9 Å². The van der Waals surface area contributed by atoms with Crippen LogP contribution >= 0.6 is 0 Å². The van der Waals surface area contributed by atoms with Crippen LogP contribution in [-0.4, -0.2) is 42.1 Å². The van der Waals surface area contributed by atoms with Crippen LogP contribution in [0, 0.1) is 0 Å². The van der Waals surface area contributed by atoms with Gasteiger partial charge in [-0.2, -0.15) is 0 Å². The van der Waals surface area contributed by atoms with Gasteiger partial charge in [0.15, 0.2) is 0 Å². The number of hydrogen-bond donors (Lipinski definition) is 2. The number of fused-ring (bicyclic) bond motifs is 1. The Morgan fingerprint density at radius 3 is 2.80 bits per heavy atom. The van der Waals surface area contributed by atoms with Crippen molar-refractivity contribution in [3.63, 3.8) is 0 Å². The first-order valence-corrected chi connectivity index (χ1v) is 8.03. The Balaban J connectivity index is 1.65. The molecule has 6 heteroatoms. The number of nitrogens with zero attached hydrogens (tertiary/aromatic N) is 1. The van der Waals surface area contributed by atoms with Gasteiger partial charge in [0.1, 0.15) is 12.3 Å². The molecule has 0 saturated carbocycles. The lowest BCUT2D eigenvalue weighted by Gasteiger charge is -2.20. The van der Waals surface area contributed by atoms with E-state index >= 15 is 0 Å². The number of aliphatic hydroxyl groups is 1. The maximum absolute atomic E-state index is 12.3. The number of carbonyl (C=O) groups excluding carboxylic acids is 2. The van der Waals surface area contributed by atoms with Crippen molar-refractivity contribution >= 4 is 11.8 Å². The highest BCUT2D eigenvalue weighted by Crippen LogP contribution is 2.22. The van der Waals surface area contributed by atoms with Crippen LogP contribution in [0.3, 0.4) is 0 Å². The average molecular weight is 340 g/mol. The summed E-state index contributed by atoms with van der Waals surface area (Å²) in [5, 5.41) is 12.4. The molecule has 2 amide bonds. The van der Waals surface area contributed by atoms with E-state index in [1.165, 1.54) is 4.90 Å². The second-order valence-electron chi connectivity index (χ2n) is 5.90. The van der Waals surface area contributed by atoms with Gasteiger partial charge in [-0.05, 0) is 29.3 Å². The van der Waals surface area contributed by atoms with Crippen molar-refractivity contribution in [1.29, 1.82) is 0 Å². The molecular formula is C19H20N2O4. The normalized spacial score (nSPS) is 14.2. The Morgan fingerprint density at radius 1 is 1.28 bits per heavy atom. The molecule has 0 fully saturated rings. The molecule has 0 saturated heterocycles. The summed E-state index contributed by atoms with van der Waals surface area (Å²) in [7, 11) is 1.56. The zero-order valence-electron chi connectivity index (χ0n) is 13.9. The van der Waals surface area contributed by atoms with Gasteiger partial charge in [-0.15, -0.1) is 0 Å². The fraction of sp³-hybridized carbons (Fsp3) is 0.263. The molecule has 2 aromatic carbocycles. The third-order valence-electron chi connectivity index (χ3n) is 4.24. The summed E-state index contributed by atoms with van der Waals surface area (Å²) in [6, 6.07) is 13.9. The van der Waals surface area contributed by atoms with Crippen LogP contribution in [0.2, 0.25) is 0 Å². The minimum atomic E-state index is -0.553. The summed E-state index contributed by atoms with van der Waals surface area (Å²) in [6.07, 6.45) is 0. The molecule has 0 aromatic heterocycles. The average Bonchev–Trinajstić information content (AvgIpc) is 2.95. The van der Waals surface area contributed by atoms with E-state index in [4.69, 9.17) is 4.74 Å². The molecule has 0 bridgehead atoms. The first kappa shape index (κ1) is 17.0. The van der Waals surface area contributed by atoms with Gasteiger partial charge in [0.05, 0.1) is 19.8 Å². The number of amides is 2. The molecule has 6 nitrogen and oxygen atoms in total. The molecule has 1 aliphatic heterocycles. The Bertz CT molecular complexity index is 790. The maximum atomic E-state index is 12.3. The van der Waals surface area contributed by atoms with Crippen LogP contribution in [0.25, 0.3) is 0 Å². The Kier molecular flexibility index (Phi) is 5.00. The lowest BCUT2D eigenvalue weighted by molar-refractivity contribution is -0.122. The van der Waals surface area contributed by atoms with E-state index in [1.54, 1.807) is 37.4 Å². The highest BCUT2D eigenvalue weighted by molar-refractivity contribution is 6.00. The van der Waals surface area contributed by atoms with Crippen LogP contribution in [0.4, 0.5) is 0 Å². The van der Waals surface area contributed by atoms with Gasteiger partial charge in [-0.25, -0.2) is 0 Å². The van der Waals surface area contributed by atoms with E-state index in [9.17, 15) is 14.7 Å². The van der Waals surface area contributed by atoms with Gasteiger partial charge in [-0.3, -0.25) is 9.59 Å².